The van der Waals surface area contributed by atoms with E-state index in [-0.39, 0.29) is 5.54 Å². The maximum absolute atomic E-state index is 3.75. The summed E-state index contributed by atoms with van der Waals surface area (Å²) in [4.78, 5) is 2.69. The van der Waals surface area contributed by atoms with Crippen LogP contribution in [0.15, 0.2) is 24.3 Å². The standard InChI is InChI=1S/C18H30N2/c1-5-15-10-8-9-11-16(15)13-20-14-18(4,7-3)19-12-17(20)6-2/h8-11,17,19H,5-7,12-14H2,1-4H3. The highest BCUT2D eigenvalue weighted by atomic mass is 15.2. The van der Waals surface area contributed by atoms with E-state index in [9.17, 15) is 0 Å². The molecule has 0 aromatic heterocycles. The van der Waals surface area contributed by atoms with Crippen molar-refractivity contribution in [2.24, 2.45) is 0 Å². The van der Waals surface area contributed by atoms with Crippen molar-refractivity contribution in [2.45, 2.75) is 65.1 Å². The summed E-state index contributed by atoms with van der Waals surface area (Å²) in [5, 5.41) is 3.75. The van der Waals surface area contributed by atoms with Crippen LogP contribution in [0.25, 0.3) is 0 Å². The van der Waals surface area contributed by atoms with Crippen molar-refractivity contribution >= 4 is 0 Å². The van der Waals surface area contributed by atoms with Crippen molar-refractivity contribution in [1.29, 1.82) is 0 Å². The van der Waals surface area contributed by atoms with Gasteiger partial charge in [0.2, 0.25) is 0 Å². The monoisotopic (exact) mass is 274 g/mol. The van der Waals surface area contributed by atoms with E-state index in [4.69, 9.17) is 0 Å². The van der Waals surface area contributed by atoms with E-state index >= 15 is 0 Å². The van der Waals surface area contributed by atoms with E-state index in [0.717, 1.165) is 26.1 Å². The number of aryl methyl sites for hydroxylation is 1. The van der Waals surface area contributed by atoms with Crippen LogP contribution < -0.4 is 5.32 Å². The maximum Gasteiger partial charge on any atom is 0.0278 e. The molecular formula is C18H30N2. The molecule has 1 aliphatic heterocycles. The van der Waals surface area contributed by atoms with E-state index in [0.29, 0.717) is 6.04 Å². The third-order valence-electron chi connectivity index (χ3n) is 4.96. The lowest BCUT2D eigenvalue weighted by Gasteiger charge is -2.46. The zero-order chi connectivity index (χ0) is 14.6. The molecule has 2 rings (SSSR count). The average Bonchev–Trinajstić information content (AvgIpc) is 2.48. The number of nitrogens with one attached hydrogen (secondary N) is 1. The summed E-state index contributed by atoms with van der Waals surface area (Å²) in [5.74, 6) is 0. The van der Waals surface area contributed by atoms with Crippen LogP contribution in [0.3, 0.4) is 0 Å². The number of piperazine rings is 1. The van der Waals surface area contributed by atoms with Crippen LogP contribution >= 0.6 is 0 Å². The van der Waals surface area contributed by atoms with Gasteiger partial charge in [-0.25, -0.2) is 0 Å². The normalized spacial score (nSPS) is 27.7. The van der Waals surface area contributed by atoms with E-state index in [1.807, 2.05) is 0 Å². The van der Waals surface area contributed by atoms with Gasteiger partial charge in [-0.2, -0.15) is 0 Å². The van der Waals surface area contributed by atoms with Crippen molar-refractivity contribution in [3.63, 3.8) is 0 Å². The van der Waals surface area contributed by atoms with Gasteiger partial charge < -0.3 is 5.32 Å². The molecule has 0 amide bonds. The van der Waals surface area contributed by atoms with Crippen molar-refractivity contribution in [2.75, 3.05) is 13.1 Å². The Balaban J connectivity index is 2.15. The highest BCUT2D eigenvalue weighted by molar-refractivity contribution is 5.27. The fraction of sp³-hybridized carbons (Fsp3) is 0.667. The third kappa shape index (κ3) is 3.42. The zero-order valence-corrected chi connectivity index (χ0v) is 13.6. The Labute approximate surface area is 124 Å². The lowest BCUT2D eigenvalue weighted by atomic mass is 9.92. The molecule has 20 heavy (non-hydrogen) atoms. The summed E-state index contributed by atoms with van der Waals surface area (Å²) in [6, 6.07) is 9.58. The zero-order valence-electron chi connectivity index (χ0n) is 13.6. The predicted molar refractivity (Wildman–Crippen MR) is 87.0 cm³/mol. The minimum Gasteiger partial charge on any atom is -0.309 e. The van der Waals surface area contributed by atoms with Crippen molar-refractivity contribution in [1.82, 2.24) is 10.2 Å². The predicted octanol–water partition coefficient (Wildman–Crippen LogP) is 3.60. The van der Waals surface area contributed by atoms with Gasteiger partial charge in [-0.05, 0) is 37.3 Å². The summed E-state index contributed by atoms with van der Waals surface area (Å²) >= 11 is 0. The Morgan fingerprint density at radius 2 is 1.90 bits per heavy atom. The lowest BCUT2D eigenvalue weighted by molar-refractivity contribution is 0.0753. The van der Waals surface area contributed by atoms with Crippen molar-refractivity contribution in [3.8, 4) is 0 Å². The number of benzene rings is 1. The highest BCUT2D eigenvalue weighted by Gasteiger charge is 2.33. The quantitative estimate of drug-likeness (QED) is 0.882. The van der Waals surface area contributed by atoms with E-state index < -0.39 is 0 Å². The van der Waals surface area contributed by atoms with E-state index in [1.54, 1.807) is 0 Å². The summed E-state index contributed by atoms with van der Waals surface area (Å²) in [6.45, 7) is 12.6. The van der Waals surface area contributed by atoms with Gasteiger partial charge >= 0.3 is 0 Å². The summed E-state index contributed by atoms with van der Waals surface area (Å²) in [5.41, 5.74) is 3.28. The van der Waals surface area contributed by atoms with Crippen LogP contribution in [-0.4, -0.2) is 29.6 Å². The third-order valence-corrected chi connectivity index (χ3v) is 4.96. The lowest BCUT2D eigenvalue weighted by Crippen LogP contribution is -2.62. The van der Waals surface area contributed by atoms with Crippen LogP contribution in [0.1, 0.15) is 51.7 Å². The molecule has 2 unspecified atom stereocenters. The summed E-state index contributed by atoms with van der Waals surface area (Å²) in [7, 11) is 0. The van der Waals surface area contributed by atoms with Crippen LogP contribution in [0.5, 0.6) is 0 Å². The SMILES string of the molecule is CCc1ccccc1CN1CC(C)(CC)NCC1CC. The number of hydrogen-bond acceptors (Lipinski definition) is 2. The number of hydrogen-bond donors (Lipinski definition) is 1. The Bertz CT molecular complexity index is 429. The molecule has 1 aromatic rings. The second-order valence-corrected chi connectivity index (χ2v) is 6.38. The smallest absolute Gasteiger partial charge is 0.0278 e. The van der Waals surface area contributed by atoms with Crippen molar-refractivity contribution < 1.29 is 0 Å². The fourth-order valence-corrected chi connectivity index (χ4v) is 3.23. The van der Waals surface area contributed by atoms with Gasteiger partial charge in [0.1, 0.15) is 0 Å². The molecule has 0 radical (unpaired) electrons. The first-order chi connectivity index (χ1) is 9.61. The van der Waals surface area contributed by atoms with Gasteiger partial charge in [-0.3, -0.25) is 4.90 Å². The van der Waals surface area contributed by atoms with Gasteiger partial charge in [0, 0.05) is 31.2 Å². The molecule has 2 heteroatoms. The second kappa shape index (κ2) is 6.73. The largest absolute Gasteiger partial charge is 0.309 e. The molecule has 1 fully saturated rings. The Hall–Kier alpha value is -0.860. The Kier molecular flexibility index (Phi) is 5.22. The van der Waals surface area contributed by atoms with Gasteiger partial charge in [0.15, 0.2) is 0 Å². The first kappa shape index (κ1) is 15.5. The molecule has 0 spiro atoms. The molecule has 0 saturated carbocycles. The highest BCUT2D eigenvalue weighted by Crippen LogP contribution is 2.23. The van der Waals surface area contributed by atoms with Crippen molar-refractivity contribution in [3.05, 3.63) is 35.4 Å². The van der Waals surface area contributed by atoms with Crippen LogP contribution in [0.4, 0.5) is 0 Å². The molecule has 1 aromatic carbocycles. The molecular weight excluding hydrogens is 244 g/mol. The maximum atomic E-state index is 3.75. The van der Waals surface area contributed by atoms with Crippen LogP contribution in [0.2, 0.25) is 0 Å². The van der Waals surface area contributed by atoms with E-state index in [2.05, 4.69) is 62.2 Å². The van der Waals surface area contributed by atoms with Gasteiger partial charge in [-0.15, -0.1) is 0 Å². The average molecular weight is 274 g/mol. The Morgan fingerprint density at radius 1 is 1.20 bits per heavy atom. The first-order valence-corrected chi connectivity index (χ1v) is 8.17. The minimum absolute atomic E-state index is 0.271. The molecule has 1 heterocycles. The Morgan fingerprint density at radius 3 is 2.50 bits per heavy atom. The van der Waals surface area contributed by atoms with Crippen LogP contribution in [0, 0.1) is 0 Å². The molecule has 1 aliphatic rings. The van der Waals surface area contributed by atoms with E-state index in [1.165, 1.54) is 24.0 Å². The fourth-order valence-electron chi connectivity index (χ4n) is 3.23. The van der Waals surface area contributed by atoms with Gasteiger partial charge in [-0.1, -0.05) is 45.0 Å². The molecule has 112 valence electrons. The minimum atomic E-state index is 0.271. The molecule has 2 atom stereocenters. The summed E-state index contributed by atoms with van der Waals surface area (Å²) < 4.78 is 0. The number of rotatable bonds is 5. The topological polar surface area (TPSA) is 15.3 Å². The molecule has 0 bridgehead atoms. The number of nitrogens with zero attached hydrogens (tertiary/aromatic N) is 1. The molecule has 1 saturated heterocycles. The molecule has 1 N–H and O–H groups in total. The van der Waals surface area contributed by atoms with Crippen LogP contribution in [-0.2, 0) is 13.0 Å². The molecule has 0 aliphatic carbocycles. The van der Waals surface area contributed by atoms with Gasteiger partial charge in [0.25, 0.3) is 0 Å². The van der Waals surface area contributed by atoms with Gasteiger partial charge in [0.05, 0.1) is 0 Å². The second-order valence-electron chi connectivity index (χ2n) is 6.38. The molecule has 2 nitrogen and oxygen atoms in total. The summed E-state index contributed by atoms with van der Waals surface area (Å²) in [6.07, 6.45) is 3.54. The first-order valence-electron chi connectivity index (χ1n) is 8.17.